The molecule has 182 valence electrons. The third-order valence-corrected chi connectivity index (χ3v) is 7.31. The van der Waals surface area contributed by atoms with Gasteiger partial charge < -0.3 is 10.3 Å². The van der Waals surface area contributed by atoms with Crippen molar-refractivity contribution in [3.8, 4) is 5.69 Å². The third-order valence-electron chi connectivity index (χ3n) is 6.37. The van der Waals surface area contributed by atoms with Gasteiger partial charge >= 0.3 is 0 Å². The first-order valence-electron chi connectivity index (χ1n) is 11.8. The number of carbonyl (C=O) groups excluding carboxylic acids is 1. The summed E-state index contributed by atoms with van der Waals surface area (Å²) in [6.07, 6.45) is 0. The van der Waals surface area contributed by atoms with Crippen molar-refractivity contribution in [1.29, 1.82) is 0 Å². The molecule has 0 fully saturated rings. The van der Waals surface area contributed by atoms with Gasteiger partial charge in [-0.15, -0.1) is 0 Å². The Morgan fingerprint density at radius 3 is 2.42 bits per heavy atom. The van der Waals surface area contributed by atoms with Gasteiger partial charge in [0, 0.05) is 16.6 Å². The molecule has 2 heterocycles. The van der Waals surface area contributed by atoms with E-state index in [1.165, 1.54) is 11.8 Å². The van der Waals surface area contributed by atoms with E-state index in [4.69, 9.17) is 4.98 Å². The second kappa shape index (κ2) is 9.32. The molecule has 0 bridgehead atoms. The van der Waals surface area contributed by atoms with Crippen molar-refractivity contribution in [3.63, 3.8) is 0 Å². The van der Waals surface area contributed by atoms with Crippen molar-refractivity contribution in [2.75, 3.05) is 11.1 Å². The number of hydrogen-bond acceptors (Lipinski definition) is 4. The minimum atomic E-state index is -0.182. The lowest BCUT2D eigenvalue weighted by atomic mass is 10.1. The number of anilines is 1. The number of aromatic nitrogens is 3. The Hall–Kier alpha value is -3.84. The number of benzene rings is 3. The van der Waals surface area contributed by atoms with Crippen molar-refractivity contribution in [2.45, 2.75) is 39.8 Å². The first-order chi connectivity index (χ1) is 17.2. The summed E-state index contributed by atoms with van der Waals surface area (Å²) in [5.74, 6) is -0.0198. The molecule has 0 unspecified atom stereocenters. The standard InChI is InChI=1S/C29H28N4O2S/c1-16-10-11-18(3)23(14-16)33-28(35)27-26(21-8-6-7-9-22(21)30-27)32-29(33)36-15-24(34)31-25-19(4)12-17(2)13-20(25)5/h6-14,30H,15H2,1-5H3,(H,31,34). The van der Waals surface area contributed by atoms with Gasteiger partial charge in [-0.25, -0.2) is 4.98 Å². The zero-order valence-corrected chi connectivity index (χ0v) is 21.8. The van der Waals surface area contributed by atoms with Crippen LogP contribution in [0.3, 0.4) is 0 Å². The van der Waals surface area contributed by atoms with Crippen LogP contribution in [-0.4, -0.2) is 26.2 Å². The summed E-state index contributed by atoms with van der Waals surface area (Å²) in [6, 6.07) is 17.9. The van der Waals surface area contributed by atoms with Gasteiger partial charge in [-0.2, -0.15) is 0 Å². The number of hydrogen-bond donors (Lipinski definition) is 2. The fraction of sp³-hybridized carbons (Fsp3) is 0.207. The third kappa shape index (κ3) is 4.31. The second-order valence-corrected chi connectivity index (χ2v) is 10.3. The smallest absolute Gasteiger partial charge is 0.283 e. The minimum Gasteiger partial charge on any atom is -0.349 e. The van der Waals surface area contributed by atoms with Gasteiger partial charge in [0.05, 0.1) is 11.4 Å². The Morgan fingerprint density at radius 2 is 1.67 bits per heavy atom. The predicted molar refractivity (Wildman–Crippen MR) is 149 cm³/mol. The van der Waals surface area contributed by atoms with Gasteiger partial charge in [-0.1, -0.05) is 59.8 Å². The van der Waals surface area contributed by atoms with Crippen LogP contribution in [0.5, 0.6) is 0 Å². The summed E-state index contributed by atoms with van der Waals surface area (Å²) in [5, 5.41) is 4.42. The molecule has 5 aromatic rings. The number of nitrogens with zero attached hydrogens (tertiary/aromatic N) is 2. The van der Waals surface area contributed by atoms with E-state index >= 15 is 0 Å². The fourth-order valence-corrected chi connectivity index (χ4v) is 5.49. The summed E-state index contributed by atoms with van der Waals surface area (Å²) in [4.78, 5) is 35.0. The van der Waals surface area contributed by atoms with Crippen LogP contribution >= 0.6 is 11.8 Å². The second-order valence-electron chi connectivity index (χ2n) is 9.33. The molecule has 0 saturated carbocycles. The highest BCUT2D eigenvalue weighted by Gasteiger charge is 2.19. The van der Waals surface area contributed by atoms with Crippen LogP contribution in [-0.2, 0) is 4.79 Å². The monoisotopic (exact) mass is 496 g/mol. The number of carbonyl (C=O) groups is 1. The minimum absolute atomic E-state index is 0.123. The molecule has 0 spiro atoms. The maximum Gasteiger partial charge on any atom is 0.283 e. The van der Waals surface area contributed by atoms with E-state index in [1.54, 1.807) is 4.57 Å². The van der Waals surface area contributed by atoms with Gasteiger partial charge in [-0.05, 0) is 69.0 Å². The van der Waals surface area contributed by atoms with Crippen LogP contribution in [0.4, 0.5) is 5.69 Å². The molecular weight excluding hydrogens is 468 g/mol. The fourth-order valence-electron chi connectivity index (χ4n) is 4.69. The number of aromatic amines is 1. The van der Waals surface area contributed by atoms with Crippen molar-refractivity contribution in [3.05, 3.63) is 92.8 Å². The highest BCUT2D eigenvalue weighted by Crippen LogP contribution is 2.28. The molecular formula is C29H28N4O2S. The van der Waals surface area contributed by atoms with Gasteiger partial charge in [0.15, 0.2) is 5.16 Å². The molecule has 1 amide bonds. The summed E-state index contributed by atoms with van der Waals surface area (Å²) in [7, 11) is 0. The molecule has 0 aliphatic rings. The highest BCUT2D eigenvalue weighted by molar-refractivity contribution is 7.99. The summed E-state index contributed by atoms with van der Waals surface area (Å²) in [5.41, 5.74) is 8.55. The number of H-pyrrole nitrogens is 1. The summed E-state index contributed by atoms with van der Waals surface area (Å²) >= 11 is 1.27. The zero-order chi connectivity index (χ0) is 25.6. The molecule has 5 rings (SSSR count). The van der Waals surface area contributed by atoms with Gasteiger partial charge in [0.1, 0.15) is 11.0 Å². The van der Waals surface area contributed by atoms with E-state index in [0.717, 1.165) is 50.1 Å². The molecule has 0 radical (unpaired) electrons. The van der Waals surface area contributed by atoms with Gasteiger partial charge in [0.2, 0.25) is 5.91 Å². The average molecular weight is 497 g/mol. The number of para-hydroxylation sites is 1. The summed E-state index contributed by atoms with van der Waals surface area (Å²) < 4.78 is 1.63. The number of nitrogens with one attached hydrogen (secondary N) is 2. The quantitative estimate of drug-likeness (QED) is 0.226. The summed E-state index contributed by atoms with van der Waals surface area (Å²) in [6.45, 7) is 10.00. The molecule has 6 nitrogen and oxygen atoms in total. The molecule has 0 atom stereocenters. The largest absolute Gasteiger partial charge is 0.349 e. The maximum atomic E-state index is 13.8. The van der Waals surface area contributed by atoms with Crippen molar-refractivity contribution >= 4 is 45.3 Å². The topological polar surface area (TPSA) is 79.8 Å². The predicted octanol–water partition coefficient (Wildman–Crippen LogP) is 6.14. The Kier molecular flexibility index (Phi) is 6.18. The van der Waals surface area contributed by atoms with Crippen molar-refractivity contribution in [2.24, 2.45) is 0 Å². The van der Waals surface area contributed by atoms with E-state index in [2.05, 4.69) is 22.4 Å². The number of aryl methyl sites for hydroxylation is 5. The maximum absolute atomic E-state index is 13.8. The van der Waals surface area contributed by atoms with E-state index in [1.807, 2.05) is 77.1 Å². The lowest BCUT2D eigenvalue weighted by Gasteiger charge is -2.16. The zero-order valence-electron chi connectivity index (χ0n) is 21.0. The number of rotatable bonds is 5. The molecule has 0 saturated heterocycles. The van der Waals surface area contributed by atoms with E-state index in [9.17, 15) is 9.59 Å². The molecule has 0 aliphatic heterocycles. The Labute approximate surface area is 213 Å². The van der Waals surface area contributed by atoms with E-state index < -0.39 is 0 Å². The van der Waals surface area contributed by atoms with Crippen LogP contribution in [0, 0.1) is 34.6 Å². The van der Waals surface area contributed by atoms with Gasteiger partial charge in [0.25, 0.3) is 5.56 Å². The molecule has 2 N–H and O–H groups in total. The lowest BCUT2D eigenvalue weighted by molar-refractivity contribution is -0.113. The molecule has 2 aromatic heterocycles. The van der Waals surface area contributed by atoms with Crippen LogP contribution in [0.2, 0.25) is 0 Å². The lowest BCUT2D eigenvalue weighted by Crippen LogP contribution is -2.24. The first-order valence-corrected chi connectivity index (χ1v) is 12.8. The Balaban J connectivity index is 1.58. The molecule has 3 aromatic carbocycles. The van der Waals surface area contributed by atoms with Crippen LogP contribution in [0.1, 0.15) is 27.8 Å². The van der Waals surface area contributed by atoms with Crippen LogP contribution in [0.25, 0.3) is 27.6 Å². The van der Waals surface area contributed by atoms with Crippen LogP contribution in [0.15, 0.2) is 64.5 Å². The normalized spacial score (nSPS) is 11.4. The van der Waals surface area contributed by atoms with Crippen LogP contribution < -0.4 is 10.9 Å². The number of thioether (sulfide) groups is 1. The van der Waals surface area contributed by atoms with Crippen molar-refractivity contribution < 1.29 is 4.79 Å². The molecule has 36 heavy (non-hydrogen) atoms. The first kappa shape index (κ1) is 23.9. The van der Waals surface area contributed by atoms with Gasteiger partial charge in [-0.3, -0.25) is 14.2 Å². The highest BCUT2D eigenvalue weighted by atomic mass is 32.2. The van der Waals surface area contributed by atoms with E-state index in [0.29, 0.717) is 16.2 Å². The number of amides is 1. The molecule has 0 aliphatic carbocycles. The SMILES string of the molecule is Cc1cc(C)c(NC(=O)CSc2nc3c([nH]c4ccccc43)c(=O)n2-c2cc(C)ccc2C)c(C)c1. The van der Waals surface area contributed by atoms with E-state index in [-0.39, 0.29) is 17.2 Å². The molecule has 7 heteroatoms. The Morgan fingerprint density at radius 1 is 0.944 bits per heavy atom. The van der Waals surface area contributed by atoms with Crippen molar-refractivity contribution in [1.82, 2.24) is 14.5 Å². The Bertz CT molecular complexity index is 1690. The number of fused-ring (bicyclic) bond motifs is 3. The average Bonchev–Trinajstić information content (AvgIpc) is 3.21.